The van der Waals surface area contributed by atoms with Crippen molar-refractivity contribution in [2.75, 3.05) is 5.32 Å². The maximum Gasteiger partial charge on any atom is 0.0387 e. The number of aryl methyl sites for hydroxylation is 2. The average molecular weight is 566 g/mol. The van der Waals surface area contributed by atoms with Gasteiger partial charge < -0.3 is 5.32 Å². The summed E-state index contributed by atoms with van der Waals surface area (Å²) in [6.45, 7) is 19.3. The van der Waals surface area contributed by atoms with Gasteiger partial charge in [-0.3, -0.25) is 0 Å². The van der Waals surface area contributed by atoms with E-state index in [0.29, 0.717) is 0 Å². The molecule has 1 aliphatic rings. The second kappa shape index (κ2) is 22.7. The molecule has 1 aliphatic carbocycles. The van der Waals surface area contributed by atoms with E-state index >= 15 is 0 Å². The van der Waals surface area contributed by atoms with Crippen LogP contribution in [0, 0.1) is 11.8 Å². The first-order chi connectivity index (χ1) is 18.9. The molecule has 2 atom stereocenters. The SMILES string of the molecule is C.C=C(Nc1ccc(C(C)=S)c(CC)c1)c1ccc(CCCCCC)cc1.CC.CCCC1CCCCC1CC. The molecule has 0 heterocycles. The minimum absolute atomic E-state index is 0. The number of hydrogen-bond acceptors (Lipinski definition) is 2. The van der Waals surface area contributed by atoms with E-state index in [1.807, 2.05) is 20.8 Å². The first-order valence-electron chi connectivity index (χ1n) is 16.1. The van der Waals surface area contributed by atoms with Crippen LogP contribution in [-0.4, -0.2) is 4.86 Å². The van der Waals surface area contributed by atoms with Crippen LogP contribution < -0.4 is 5.32 Å². The van der Waals surface area contributed by atoms with E-state index in [2.05, 4.69) is 82.1 Å². The van der Waals surface area contributed by atoms with Crippen molar-refractivity contribution in [3.63, 3.8) is 0 Å². The normalized spacial score (nSPS) is 15.9. The van der Waals surface area contributed by atoms with E-state index in [9.17, 15) is 0 Å². The summed E-state index contributed by atoms with van der Waals surface area (Å²) in [7, 11) is 0. The fourth-order valence-corrected chi connectivity index (χ4v) is 5.95. The van der Waals surface area contributed by atoms with E-state index in [-0.39, 0.29) is 7.43 Å². The van der Waals surface area contributed by atoms with Crippen molar-refractivity contribution in [3.05, 3.63) is 71.3 Å². The van der Waals surface area contributed by atoms with Crippen molar-refractivity contribution < 1.29 is 0 Å². The Morgan fingerprint density at radius 2 is 1.52 bits per heavy atom. The molecule has 0 aromatic heterocycles. The zero-order valence-electron chi connectivity index (χ0n) is 26.5. The van der Waals surface area contributed by atoms with Crippen LogP contribution in [0.1, 0.15) is 149 Å². The Kier molecular flexibility index (Phi) is 21.6. The number of hydrogen-bond donors (Lipinski definition) is 1. The van der Waals surface area contributed by atoms with Gasteiger partial charge in [0.05, 0.1) is 0 Å². The van der Waals surface area contributed by atoms with Crippen LogP contribution >= 0.6 is 12.2 Å². The van der Waals surface area contributed by atoms with E-state index in [1.165, 1.54) is 93.7 Å². The second-order valence-corrected chi connectivity index (χ2v) is 11.5. The summed E-state index contributed by atoms with van der Waals surface area (Å²) < 4.78 is 0. The van der Waals surface area contributed by atoms with Gasteiger partial charge in [0.25, 0.3) is 0 Å². The summed E-state index contributed by atoms with van der Waals surface area (Å²) in [5, 5.41) is 3.44. The summed E-state index contributed by atoms with van der Waals surface area (Å²) in [4.78, 5) is 0.946. The number of unbranched alkanes of at least 4 members (excludes halogenated alkanes) is 3. The summed E-state index contributed by atoms with van der Waals surface area (Å²) >= 11 is 5.34. The standard InChI is InChI=1S/C24H31NS.C11H22.C2H6.CH4/c1-5-7-8-9-10-20-11-13-22(14-12-20)18(3)25-23-15-16-24(19(4)26)21(6-2)17-23;1-3-7-11-9-6-5-8-10(11)4-2;1-2;/h11-17,25H,3,5-10H2,1-2,4H3;10-11H,3-9H2,1-2H3;1-2H3;1H4. The number of rotatable bonds is 13. The van der Waals surface area contributed by atoms with Gasteiger partial charge in [-0.2, -0.15) is 0 Å². The van der Waals surface area contributed by atoms with E-state index in [4.69, 9.17) is 12.2 Å². The number of anilines is 1. The molecule has 0 aliphatic heterocycles. The largest absolute Gasteiger partial charge is 0.356 e. The van der Waals surface area contributed by atoms with Crippen LogP contribution in [0.4, 0.5) is 5.69 Å². The van der Waals surface area contributed by atoms with Gasteiger partial charge >= 0.3 is 0 Å². The molecule has 1 nitrogen and oxygen atoms in total. The van der Waals surface area contributed by atoms with Crippen LogP contribution in [0.25, 0.3) is 5.70 Å². The maximum atomic E-state index is 5.34. The van der Waals surface area contributed by atoms with Crippen LogP contribution in [0.3, 0.4) is 0 Å². The summed E-state index contributed by atoms with van der Waals surface area (Å²) in [5.74, 6) is 2.16. The summed E-state index contributed by atoms with van der Waals surface area (Å²) in [6.07, 6.45) is 17.7. The van der Waals surface area contributed by atoms with Gasteiger partial charge in [-0.15, -0.1) is 0 Å². The zero-order chi connectivity index (χ0) is 29.0. The Morgan fingerprint density at radius 1 is 0.875 bits per heavy atom. The van der Waals surface area contributed by atoms with Gasteiger partial charge in [-0.1, -0.05) is 162 Å². The topological polar surface area (TPSA) is 12.0 Å². The first-order valence-corrected chi connectivity index (χ1v) is 16.5. The van der Waals surface area contributed by atoms with Gasteiger partial charge in [0, 0.05) is 16.2 Å². The van der Waals surface area contributed by atoms with E-state index < -0.39 is 0 Å². The molecule has 1 N–H and O–H groups in total. The minimum atomic E-state index is 0. The molecule has 1 saturated carbocycles. The predicted octanol–water partition coefficient (Wildman–Crippen LogP) is 12.9. The Bertz CT molecular complexity index is 940. The highest BCUT2D eigenvalue weighted by molar-refractivity contribution is 7.80. The smallest absolute Gasteiger partial charge is 0.0387 e. The molecule has 1 fully saturated rings. The van der Waals surface area contributed by atoms with Gasteiger partial charge in [0.2, 0.25) is 0 Å². The van der Waals surface area contributed by atoms with Crippen molar-refractivity contribution in [2.24, 2.45) is 11.8 Å². The third kappa shape index (κ3) is 13.6. The van der Waals surface area contributed by atoms with Crippen molar-refractivity contribution in [2.45, 2.75) is 139 Å². The molecule has 2 aromatic rings. The predicted molar refractivity (Wildman–Crippen MR) is 189 cm³/mol. The molecule has 2 heteroatoms. The van der Waals surface area contributed by atoms with Gasteiger partial charge in [-0.05, 0) is 72.4 Å². The minimum Gasteiger partial charge on any atom is -0.356 e. The van der Waals surface area contributed by atoms with Crippen molar-refractivity contribution in [3.8, 4) is 0 Å². The van der Waals surface area contributed by atoms with Crippen molar-refractivity contribution in [1.29, 1.82) is 0 Å². The van der Waals surface area contributed by atoms with Crippen molar-refractivity contribution >= 4 is 28.5 Å². The molecule has 2 unspecified atom stereocenters. The molecule has 40 heavy (non-hydrogen) atoms. The molecular formula is C38H63NS. The van der Waals surface area contributed by atoms with Crippen molar-refractivity contribution in [1.82, 2.24) is 0 Å². The highest BCUT2D eigenvalue weighted by Crippen LogP contribution is 2.34. The highest BCUT2D eigenvalue weighted by Gasteiger charge is 2.22. The van der Waals surface area contributed by atoms with Crippen LogP contribution in [-0.2, 0) is 12.8 Å². The quantitative estimate of drug-likeness (QED) is 0.147. The van der Waals surface area contributed by atoms with E-state index in [1.54, 1.807) is 0 Å². The molecule has 0 radical (unpaired) electrons. The Balaban J connectivity index is 0.000000910. The summed E-state index contributed by atoms with van der Waals surface area (Å²) in [6, 6.07) is 15.2. The van der Waals surface area contributed by atoms with Crippen LogP contribution in [0.2, 0.25) is 0 Å². The Labute approximate surface area is 255 Å². The molecule has 226 valence electrons. The molecular weight excluding hydrogens is 502 g/mol. The second-order valence-electron chi connectivity index (χ2n) is 10.9. The fourth-order valence-electron chi connectivity index (χ4n) is 5.76. The van der Waals surface area contributed by atoms with Gasteiger partial charge in [-0.25, -0.2) is 0 Å². The zero-order valence-corrected chi connectivity index (χ0v) is 27.3. The molecule has 0 amide bonds. The fraction of sp³-hybridized carbons (Fsp3) is 0.605. The molecule has 0 spiro atoms. The Morgan fingerprint density at radius 3 is 2.08 bits per heavy atom. The number of benzene rings is 2. The average Bonchev–Trinajstić information content (AvgIpc) is 2.97. The van der Waals surface area contributed by atoms with Gasteiger partial charge in [0.15, 0.2) is 0 Å². The first kappa shape index (κ1) is 38.1. The highest BCUT2D eigenvalue weighted by atomic mass is 32.1. The lowest BCUT2D eigenvalue weighted by molar-refractivity contribution is 0.216. The lowest BCUT2D eigenvalue weighted by Crippen LogP contribution is -2.18. The molecule has 3 rings (SSSR count). The van der Waals surface area contributed by atoms with Crippen LogP contribution in [0.5, 0.6) is 0 Å². The summed E-state index contributed by atoms with van der Waals surface area (Å²) in [5.41, 5.74) is 6.98. The van der Waals surface area contributed by atoms with E-state index in [0.717, 1.165) is 40.1 Å². The molecule has 2 aromatic carbocycles. The Hall–Kier alpha value is -1.93. The third-order valence-electron chi connectivity index (χ3n) is 8.03. The lowest BCUT2D eigenvalue weighted by Gasteiger charge is -2.30. The maximum absolute atomic E-state index is 5.34. The third-order valence-corrected chi connectivity index (χ3v) is 8.25. The monoisotopic (exact) mass is 565 g/mol. The molecule has 0 saturated heterocycles. The van der Waals surface area contributed by atoms with Gasteiger partial charge in [0.1, 0.15) is 0 Å². The number of thiocarbonyl (C=S) groups is 1. The lowest BCUT2D eigenvalue weighted by atomic mass is 9.76. The molecule has 0 bridgehead atoms. The van der Waals surface area contributed by atoms with Crippen LogP contribution in [0.15, 0.2) is 49.0 Å². The number of nitrogens with one attached hydrogen (secondary N) is 1.